The van der Waals surface area contributed by atoms with E-state index in [9.17, 15) is 4.79 Å². The number of carbonyl (C=O) groups is 1. The fourth-order valence-electron chi connectivity index (χ4n) is 3.41. The van der Waals surface area contributed by atoms with Crippen molar-refractivity contribution in [1.29, 1.82) is 0 Å². The molecule has 6 heteroatoms. The average Bonchev–Trinajstić information content (AvgIpc) is 3.38. The predicted octanol–water partition coefficient (Wildman–Crippen LogP) is 4.11. The molecule has 1 atom stereocenters. The molecule has 1 unspecified atom stereocenters. The first-order valence-corrected chi connectivity index (χ1v) is 9.19. The zero-order valence-electron chi connectivity index (χ0n) is 15.2. The lowest BCUT2D eigenvalue weighted by molar-refractivity contribution is 0.0711. The number of nitrogens with zero attached hydrogens (tertiary/aromatic N) is 3. The summed E-state index contributed by atoms with van der Waals surface area (Å²) in [7, 11) is 0. The summed E-state index contributed by atoms with van der Waals surface area (Å²) in [6.45, 7) is 3.08. The van der Waals surface area contributed by atoms with E-state index in [1.807, 2.05) is 55.5 Å². The van der Waals surface area contributed by atoms with E-state index in [0.29, 0.717) is 36.2 Å². The average molecular weight is 363 g/mol. The number of amides is 1. The quantitative estimate of drug-likeness (QED) is 0.682. The van der Waals surface area contributed by atoms with Crippen molar-refractivity contribution in [3.63, 3.8) is 0 Å². The van der Waals surface area contributed by atoms with Gasteiger partial charge in [0.1, 0.15) is 11.8 Å². The number of hydrogen-bond acceptors (Lipinski definition) is 5. The highest BCUT2D eigenvalue weighted by molar-refractivity contribution is 5.97. The molecule has 1 aliphatic heterocycles. The van der Waals surface area contributed by atoms with Gasteiger partial charge in [-0.2, -0.15) is 0 Å². The lowest BCUT2D eigenvalue weighted by Gasteiger charge is -2.23. The standard InChI is InChI=1S/C21H21N3O3/c1-2-26-18-13-7-6-11-16(18)21(25)24-14-8-12-17(24)20-23-22-19(27-20)15-9-4-3-5-10-15/h3-7,9-11,13,17H,2,8,12,14H2,1H3. The third-order valence-corrected chi connectivity index (χ3v) is 4.68. The second-order valence-corrected chi connectivity index (χ2v) is 6.40. The number of aromatic nitrogens is 2. The Morgan fingerprint density at radius 3 is 2.74 bits per heavy atom. The van der Waals surface area contributed by atoms with Gasteiger partial charge in [0, 0.05) is 12.1 Å². The Morgan fingerprint density at radius 2 is 1.93 bits per heavy atom. The molecule has 1 aliphatic rings. The number of para-hydroxylation sites is 1. The normalized spacial score (nSPS) is 16.5. The molecule has 6 nitrogen and oxygen atoms in total. The van der Waals surface area contributed by atoms with Crippen molar-refractivity contribution < 1.29 is 13.9 Å². The maximum atomic E-state index is 13.2. The molecule has 0 saturated carbocycles. The second kappa shape index (κ2) is 7.61. The lowest BCUT2D eigenvalue weighted by atomic mass is 10.1. The predicted molar refractivity (Wildman–Crippen MR) is 100 cm³/mol. The van der Waals surface area contributed by atoms with Gasteiger partial charge in [0.25, 0.3) is 5.91 Å². The van der Waals surface area contributed by atoms with Crippen LogP contribution in [-0.4, -0.2) is 34.2 Å². The van der Waals surface area contributed by atoms with Crippen LogP contribution in [0.2, 0.25) is 0 Å². The van der Waals surface area contributed by atoms with Crippen LogP contribution in [0.5, 0.6) is 5.75 Å². The molecule has 2 aromatic carbocycles. The molecule has 0 spiro atoms. The van der Waals surface area contributed by atoms with Gasteiger partial charge >= 0.3 is 0 Å². The topological polar surface area (TPSA) is 68.5 Å². The highest BCUT2D eigenvalue weighted by Crippen LogP contribution is 2.35. The fourth-order valence-corrected chi connectivity index (χ4v) is 3.41. The Balaban J connectivity index is 1.60. The first-order chi connectivity index (χ1) is 13.3. The fraction of sp³-hybridized carbons (Fsp3) is 0.286. The molecule has 0 N–H and O–H groups in total. The smallest absolute Gasteiger partial charge is 0.258 e. The van der Waals surface area contributed by atoms with Crippen LogP contribution in [0.3, 0.4) is 0 Å². The van der Waals surface area contributed by atoms with Gasteiger partial charge in [0.15, 0.2) is 0 Å². The van der Waals surface area contributed by atoms with Crippen LogP contribution in [0.1, 0.15) is 42.1 Å². The van der Waals surface area contributed by atoms with Gasteiger partial charge in [-0.3, -0.25) is 4.79 Å². The third kappa shape index (κ3) is 3.43. The highest BCUT2D eigenvalue weighted by atomic mass is 16.5. The SMILES string of the molecule is CCOc1ccccc1C(=O)N1CCCC1c1nnc(-c2ccccc2)o1. The van der Waals surface area contributed by atoms with Gasteiger partial charge in [0.2, 0.25) is 11.8 Å². The molecule has 1 amide bonds. The maximum absolute atomic E-state index is 13.2. The summed E-state index contributed by atoms with van der Waals surface area (Å²) in [6.07, 6.45) is 1.70. The van der Waals surface area contributed by atoms with Gasteiger partial charge < -0.3 is 14.1 Å². The molecule has 3 aromatic rings. The summed E-state index contributed by atoms with van der Waals surface area (Å²) in [5.41, 5.74) is 1.43. The largest absolute Gasteiger partial charge is 0.493 e. The minimum atomic E-state index is -0.211. The van der Waals surface area contributed by atoms with Gasteiger partial charge in [-0.25, -0.2) is 0 Å². The van der Waals surface area contributed by atoms with Gasteiger partial charge in [-0.15, -0.1) is 10.2 Å². The minimum Gasteiger partial charge on any atom is -0.493 e. The van der Waals surface area contributed by atoms with Crippen molar-refractivity contribution in [3.8, 4) is 17.2 Å². The molecule has 27 heavy (non-hydrogen) atoms. The molecule has 2 heterocycles. The van der Waals surface area contributed by atoms with Crippen molar-refractivity contribution in [1.82, 2.24) is 15.1 Å². The Bertz CT molecular complexity index is 923. The van der Waals surface area contributed by atoms with E-state index in [1.165, 1.54) is 0 Å². The molecule has 0 aliphatic carbocycles. The Hall–Kier alpha value is -3.15. The van der Waals surface area contributed by atoms with Gasteiger partial charge in [-0.05, 0) is 44.0 Å². The molecular formula is C21H21N3O3. The number of hydrogen-bond donors (Lipinski definition) is 0. The Labute approximate surface area is 157 Å². The van der Waals surface area contributed by atoms with Crippen LogP contribution in [0.4, 0.5) is 0 Å². The molecular weight excluding hydrogens is 342 g/mol. The summed E-state index contributed by atoms with van der Waals surface area (Å²) in [4.78, 5) is 15.0. The van der Waals surface area contributed by atoms with Crippen LogP contribution in [0.25, 0.3) is 11.5 Å². The summed E-state index contributed by atoms with van der Waals surface area (Å²) in [5, 5.41) is 8.38. The molecule has 1 fully saturated rings. The van der Waals surface area contributed by atoms with Gasteiger partial charge in [0.05, 0.1) is 12.2 Å². The maximum Gasteiger partial charge on any atom is 0.258 e. The van der Waals surface area contributed by atoms with Crippen molar-refractivity contribution >= 4 is 5.91 Å². The number of likely N-dealkylation sites (tertiary alicyclic amines) is 1. The highest BCUT2D eigenvalue weighted by Gasteiger charge is 2.35. The molecule has 0 radical (unpaired) electrons. The molecule has 1 saturated heterocycles. The number of rotatable bonds is 5. The molecule has 1 aromatic heterocycles. The third-order valence-electron chi connectivity index (χ3n) is 4.68. The first-order valence-electron chi connectivity index (χ1n) is 9.19. The number of benzene rings is 2. The summed E-state index contributed by atoms with van der Waals surface area (Å²) in [6, 6.07) is 16.8. The summed E-state index contributed by atoms with van der Waals surface area (Å²) in [5.74, 6) is 1.49. The lowest BCUT2D eigenvalue weighted by Crippen LogP contribution is -2.31. The second-order valence-electron chi connectivity index (χ2n) is 6.40. The van der Waals surface area contributed by atoms with Crippen molar-refractivity contribution in [2.45, 2.75) is 25.8 Å². The molecule has 138 valence electrons. The van der Waals surface area contributed by atoms with Crippen LogP contribution in [0, 0.1) is 0 Å². The van der Waals surface area contributed by atoms with E-state index in [-0.39, 0.29) is 11.9 Å². The van der Waals surface area contributed by atoms with Crippen LogP contribution < -0.4 is 4.74 Å². The van der Waals surface area contributed by atoms with E-state index in [4.69, 9.17) is 9.15 Å². The van der Waals surface area contributed by atoms with Gasteiger partial charge in [-0.1, -0.05) is 30.3 Å². The Morgan fingerprint density at radius 1 is 1.15 bits per heavy atom. The van der Waals surface area contributed by atoms with Crippen molar-refractivity contribution in [3.05, 3.63) is 66.1 Å². The van der Waals surface area contributed by atoms with Crippen LogP contribution in [0.15, 0.2) is 59.0 Å². The zero-order valence-corrected chi connectivity index (χ0v) is 15.2. The van der Waals surface area contributed by atoms with Crippen LogP contribution >= 0.6 is 0 Å². The van der Waals surface area contributed by atoms with E-state index in [0.717, 1.165) is 18.4 Å². The van der Waals surface area contributed by atoms with Crippen LogP contribution in [-0.2, 0) is 0 Å². The Kier molecular flexibility index (Phi) is 4.87. The summed E-state index contributed by atoms with van der Waals surface area (Å²) < 4.78 is 11.5. The van der Waals surface area contributed by atoms with E-state index >= 15 is 0 Å². The van der Waals surface area contributed by atoms with Crippen molar-refractivity contribution in [2.24, 2.45) is 0 Å². The van der Waals surface area contributed by atoms with E-state index < -0.39 is 0 Å². The van der Waals surface area contributed by atoms with Crippen molar-refractivity contribution in [2.75, 3.05) is 13.2 Å². The summed E-state index contributed by atoms with van der Waals surface area (Å²) >= 11 is 0. The monoisotopic (exact) mass is 363 g/mol. The zero-order chi connectivity index (χ0) is 18.6. The molecule has 0 bridgehead atoms. The number of ether oxygens (including phenoxy) is 1. The van der Waals surface area contributed by atoms with E-state index in [2.05, 4.69) is 10.2 Å². The minimum absolute atomic E-state index is 0.0685. The number of carbonyl (C=O) groups excluding carboxylic acids is 1. The first kappa shape index (κ1) is 17.3. The molecule has 4 rings (SSSR count). The van der Waals surface area contributed by atoms with E-state index in [1.54, 1.807) is 11.0 Å².